The number of furan rings is 1. The van der Waals surface area contributed by atoms with Crippen LogP contribution in [0.1, 0.15) is 59.5 Å². The highest BCUT2D eigenvalue weighted by Crippen LogP contribution is 2.33. The maximum absolute atomic E-state index is 12.8. The zero-order chi connectivity index (χ0) is 25.6. The van der Waals surface area contributed by atoms with Gasteiger partial charge in [-0.3, -0.25) is 9.69 Å². The topological polar surface area (TPSA) is 82.4 Å². The van der Waals surface area contributed by atoms with Gasteiger partial charge < -0.3 is 28.7 Å². The predicted molar refractivity (Wildman–Crippen MR) is 138 cm³/mol. The second-order valence-electron chi connectivity index (χ2n) is 9.60. The zero-order valence-corrected chi connectivity index (χ0v) is 21.5. The van der Waals surface area contributed by atoms with E-state index >= 15 is 0 Å². The molecule has 1 aromatic heterocycles. The van der Waals surface area contributed by atoms with Crippen molar-refractivity contribution >= 4 is 5.91 Å². The van der Waals surface area contributed by atoms with Crippen LogP contribution in [0, 0.1) is 0 Å². The van der Waals surface area contributed by atoms with Crippen LogP contribution in [0.15, 0.2) is 52.9 Å². The first-order valence-electron chi connectivity index (χ1n) is 12.8. The molecule has 1 aliphatic carbocycles. The summed E-state index contributed by atoms with van der Waals surface area (Å²) in [6.45, 7) is 2.06. The maximum atomic E-state index is 12.8. The molecule has 2 heterocycles. The fourth-order valence-electron chi connectivity index (χ4n) is 5.01. The monoisotopic (exact) mass is 506 g/mol. The largest absolute Gasteiger partial charge is 0.493 e. The lowest BCUT2D eigenvalue weighted by atomic mass is 9.95. The lowest BCUT2D eigenvalue weighted by Crippen LogP contribution is -2.35. The van der Waals surface area contributed by atoms with Crippen LogP contribution in [-0.2, 0) is 19.6 Å². The van der Waals surface area contributed by atoms with Crippen molar-refractivity contribution in [1.82, 2.24) is 10.2 Å². The number of carbonyl (C=O) groups excluding carboxylic acids is 1. The van der Waals surface area contributed by atoms with E-state index in [1.54, 1.807) is 20.3 Å². The Kier molecular flexibility index (Phi) is 7.84. The highest BCUT2D eigenvalue weighted by Gasteiger charge is 2.20. The van der Waals surface area contributed by atoms with Crippen LogP contribution in [-0.4, -0.2) is 37.9 Å². The van der Waals surface area contributed by atoms with Crippen molar-refractivity contribution in [2.75, 3.05) is 21.0 Å². The fourth-order valence-corrected chi connectivity index (χ4v) is 5.01. The molecule has 5 rings (SSSR count). The zero-order valence-electron chi connectivity index (χ0n) is 21.5. The highest BCUT2D eigenvalue weighted by molar-refractivity contribution is 5.91. The molecule has 0 unspecified atom stereocenters. The Morgan fingerprint density at radius 3 is 2.38 bits per heavy atom. The number of fused-ring (bicyclic) bond motifs is 1. The molecule has 0 atom stereocenters. The van der Waals surface area contributed by atoms with Crippen LogP contribution in [0.2, 0.25) is 0 Å². The van der Waals surface area contributed by atoms with Crippen LogP contribution < -0.4 is 24.3 Å². The van der Waals surface area contributed by atoms with Crippen molar-refractivity contribution in [3.8, 4) is 23.0 Å². The Morgan fingerprint density at radius 1 is 0.865 bits per heavy atom. The molecular formula is C29H34N2O6. The molecule has 0 saturated heterocycles. The minimum atomic E-state index is -0.139. The molecule has 8 nitrogen and oxygen atoms in total. The Bertz CT molecular complexity index is 1220. The molecule has 2 aliphatic rings. The lowest BCUT2D eigenvalue weighted by molar-refractivity contribution is 0.0895. The molecular weight excluding hydrogens is 472 g/mol. The van der Waals surface area contributed by atoms with Gasteiger partial charge in [-0.15, -0.1) is 0 Å². The van der Waals surface area contributed by atoms with Gasteiger partial charge in [0.25, 0.3) is 5.91 Å². The molecule has 2 aromatic carbocycles. The summed E-state index contributed by atoms with van der Waals surface area (Å²) in [5.74, 6) is 3.83. The normalized spacial score (nSPS) is 15.1. The van der Waals surface area contributed by atoms with E-state index in [1.807, 2.05) is 42.5 Å². The Balaban J connectivity index is 1.32. The number of methoxy groups -OCH3 is 2. The Morgan fingerprint density at radius 2 is 1.59 bits per heavy atom. The van der Waals surface area contributed by atoms with E-state index in [4.69, 9.17) is 23.4 Å². The number of hydrogen-bond donors (Lipinski definition) is 1. The van der Waals surface area contributed by atoms with Gasteiger partial charge in [-0.2, -0.15) is 0 Å². The van der Waals surface area contributed by atoms with Gasteiger partial charge in [0.2, 0.25) is 6.79 Å². The van der Waals surface area contributed by atoms with Gasteiger partial charge in [0.1, 0.15) is 5.76 Å². The van der Waals surface area contributed by atoms with E-state index in [1.165, 1.54) is 19.3 Å². The molecule has 196 valence electrons. The number of ether oxygens (including phenoxy) is 4. The van der Waals surface area contributed by atoms with E-state index in [0.29, 0.717) is 36.9 Å². The van der Waals surface area contributed by atoms with Crippen molar-refractivity contribution < 1.29 is 28.2 Å². The quantitative estimate of drug-likeness (QED) is 0.400. The van der Waals surface area contributed by atoms with Crippen molar-refractivity contribution in [2.45, 2.75) is 57.8 Å². The van der Waals surface area contributed by atoms with E-state index in [0.717, 1.165) is 41.2 Å². The first-order valence-corrected chi connectivity index (χ1v) is 12.8. The van der Waals surface area contributed by atoms with Gasteiger partial charge in [-0.25, -0.2) is 0 Å². The summed E-state index contributed by atoms with van der Waals surface area (Å²) in [5, 5.41) is 3.13. The Labute approximate surface area is 217 Å². The molecule has 8 heteroatoms. The molecule has 37 heavy (non-hydrogen) atoms. The summed E-state index contributed by atoms with van der Waals surface area (Å²) >= 11 is 0. The molecule has 1 fully saturated rings. The molecule has 1 aliphatic heterocycles. The number of nitrogens with one attached hydrogen (secondary N) is 1. The van der Waals surface area contributed by atoms with Gasteiger partial charge in [-0.1, -0.05) is 31.4 Å². The SMILES string of the molecule is COc1ccc(CN(Cc2ccc3c(c2)OCO3)Cc2ccc(C(=O)NC3CCCCC3)o2)cc1OC. The molecule has 1 N–H and O–H groups in total. The standard InChI is InChI=1S/C29H34N2O6/c1-33-24-11-8-20(14-27(24)34-2)16-31(17-21-9-12-25-28(15-21)36-19-35-25)18-23-10-13-26(37-23)29(32)30-22-6-4-3-5-7-22/h8-15,22H,3-7,16-19H2,1-2H3,(H,30,32). The molecule has 0 bridgehead atoms. The van der Waals surface area contributed by atoms with Gasteiger partial charge >= 0.3 is 0 Å². The third kappa shape index (κ3) is 6.20. The van der Waals surface area contributed by atoms with Crippen molar-refractivity contribution in [3.05, 3.63) is 71.2 Å². The number of hydrogen-bond acceptors (Lipinski definition) is 7. The van der Waals surface area contributed by atoms with E-state index in [9.17, 15) is 4.79 Å². The summed E-state index contributed by atoms with van der Waals surface area (Å²) in [6, 6.07) is 15.8. The predicted octanol–water partition coefficient (Wildman–Crippen LogP) is 5.29. The summed E-state index contributed by atoms with van der Waals surface area (Å²) in [5.41, 5.74) is 2.16. The second-order valence-corrected chi connectivity index (χ2v) is 9.60. The van der Waals surface area contributed by atoms with Crippen molar-refractivity contribution in [1.29, 1.82) is 0 Å². The Hall–Kier alpha value is -3.65. The maximum Gasteiger partial charge on any atom is 0.287 e. The smallest absolute Gasteiger partial charge is 0.287 e. The number of carbonyl (C=O) groups is 1. The first-order chi connectivity index (χ1) is 18.1. The molecule has 0 spiro atoms. The van der Waals surface area contributed by atoms with Gasteiger partial charge in [0, 0.05) is 19.1 Å². The minimum absolute atomic E-state index is 0.139. The third-order valence-corrected chi connectivity index (χ3v) is 6.90. The second kappa shape index (κ2) is 11.6. The third-order valence-electron chi connectivity index (χ3n) is 6.90. The van der Waals surface area contributed by atoms with Gasteiger partial charge in [-0.05, 0) is 60.4 Å². The molecule has 1 saturated carbocycles. The van der Waals surface area contributed by atoms with E-state index in [-0.39, 0.29) is 18.7 Å². The molecule has 0 radical (unpaired) electrons. The fraction of sp³-hybridized carbons (Fsp3) is 0.414. The van der Waals surface area contributed by atoms with E-state index in [2.05, 4.69) is 10.2 Å². The number of amides is 1. The van der Waals surface area contributed by atoms with Crippen LogP contribution in [0.25, 0.3) is 0 Å². The lowest BCUT2D eigenvalue weighted by Gasteiger charge is -2.23. The van der Waals surface area contributed by atoms with Gasteiger partial charge in [0.15, 0.2) is 28.8 Å². The summed E-state index contributed by atoms with van der Waals surface area (Å²) in [6.07, 6.45) is 5.65. The van der Waals surface area contributed by atoms with Crippen LogP contribution in [0.5, 0.6) is 23.0 Å². The summed E-state index contributed by atoms with van der Waals surface area (Å²) < 4.78 is 27.9. The van der Waals surface area contributed by atoms with E-state index < -0.39 is 0 Å². The molecule has 1 amide bonds. The first kappa shape index (κ1) is 25.0. The van der Waals surface area contributed by atoms with Gasteiger partial charge in [0.05, 0.1) is 20.8 Å². The van der Waals surface area contributed by atoms with Crippen LogP contribution in [0.4, 0.5) is 0 Å². The van der Waals surface area contributed by atoms with Crippen molar-refractivity contribution in [2.24, 2.45) is 0 Å². The summed E-state index contributed by atoms with van der Waals surface area (Å²) in [4.78, 5) is 15.0. The number of nitrogens with zero attached hydrogens (tertiary/aromatic N) is 1. The molecule has 3 aromatic rings. The minimum Gasteiger partial charge on any atom is -0.493 e. The summed E-state index contributed by atoms with van der Waals surface area (Å²) in [7, 11) is 3.26. The van der Waals surface area contributed by atoms with Crippen molar-refractivity contribution in [3.63, 3.8) is 0 Å². The average molecular weight is 507 g/mol. The van der Waals surface area contributed by atoms with Crippen LogP contribution in [0.3, 0.4) is 0 Å². The number of rotatable bonds is 10. The number of benzene rings is 2. The average Bonchev–Trinajstić information content (AvgIpc) is 3.58. The van der Waals surface area contributed by atoms with Crippen LogP contribution >= 0.6 is 0 Å². The highest BCUT2D eigenvalue weighted by atomic mass is 16.7.